The van der Waals surface area contributed by atoms with Crippen LogP contribution in [0.1, 0.15) is 15.9 Å². The van der Waals surface area contributed by atoms with Crippen LogP contribution in [0.2, 0.25) is 0 Å². The van der Waals surface area contributed by atoms with Gasteiger partial charge in [0.05, 0.1) is 5.69 Å². The van der Waals surface area contributed by atoms with Crippen molar-refractivity contribution in [2.75, 3.05) is 24.3 Å². The highest BCUT2D eigenvalue weighted by Crippen LogP contribution is 2.24. The summed E-state index contributed by atoms with van der Waals surface area (Å²) in [6.07, 6.45) is 1.58. The second-order valence-electron chi connectivity index (χ2n) is 4.77. The highest BCUT2D eigenvalue weighted by Gasteiger charge is 2.10. The summed E-state index contributed by atoms with van der Waals surface area (Å²) in [6.45, 7) is 1.89. The SMILES string of the molecule is Cc1ccc(O)c(NC(=O)c2ccnc(N(C)C)c2)c1. The fourth-order valence-corrected chi connectivity index (χ4v) is 1.75. The predicted octanol–water partition coefficient (Wildman–Crippen LogP) is 2.41. The molecular weight excluding hydrogens is 254 g/mol. The van der Waals surface area contributed by atoms with Crippen molar-refractivity contribution in [3.63, 3.8) is 0 Å². The minimum absolute atomic E-state index is 0.0471. The third-order valence-electron chi connectivity index (χ3n) is 2.87. The number of nitrogens with zero attached hydrogens (tertiary/aromatic N) is 2. The number of amides is 1. The maximum absolute atomic E-state index is 12.2. The number of aromatic nitrogens is 1. The van der Waals surface area contributed by atoms with E-state index < -0.39 is 0 Å². The number of carbonyl (C=O) groups excluding carboxylic acids is 1. The fourth-order valence-electron chi connectivity index (χ4n) is 1.75. The summed E-state index contributed by atoms with van der Waals surface area (Å²) in [5, 5.41) is 12.4. The normalized spacial score (nSPS) is 10.2. The number of benzene rings is 1. The highest BCUT2D eigenvalue weighted by atomic mass is 16.3. The first-order valence-corrected chi connectivity index (χ1v) is 6.21. The Morgan fingerprint density at radius 1 is 1.25 bits per heavy atom. The van der Waals surface area contributed by atoms with Crippen LogP contribution in [0.15, 0.2) is 36.5 Å². The standard InChI is InChI=1S/C15H17N3O2/c1-10-4-5-13(19)12(8-10)17-15(20)11-6-7-16-14(9-11)18(2)3/h4-9,19H,1-3H3,(H,17,20). The molecule has 0 unspecified atom stereocenters. The van der Waals surface area contributed by atoms with Gasteiger partial charge in [-0.3, -0.25) is 4.79 Å². The Morgan fingerprint density at radius 3 is 2.70 bits per heavy atom. The van der Waals surface area contributed by atoms with E-state index in [0.29, 0.717) is 17.1 Å². The van der Waals surface area contributed by atoms with E-state index in [0.717, 1.165) is 5.56 Å². The van der Waals surface area contributed by atoms with Crippen molar-refractivity contribution in [2.45, 2.75) is 6.92 Å². The molecule has 104 valence electrons. The van der Waals surface area contributed by atoms with Gasteiger partial charge < -0.3 is 15.3 Å². The number of phenolic OH excluding ortho intramolecular Hbond substituents is 1. The van der Waals surface area contributed by atoms with E-state index >= 15 is 0 Å². The van der Waals surface area contributed by atoms with Crippen LogP contribution in [0.25, 0.3) is 0 Å². The molecule has 1 aromatic heterocycles. The minimum Gasteiger partial charge on any atom is -0.506 e. The first-order valence-electron chi connectivity index (χ1n) is 6.21. The summed E-state index contributed by atoms with van der Waals surface area (Å²) >= 11 is 0. The fraction of sp³-hybridized carbons (Fsp3) is 0.200. The zero-order chi connectivity index (χ0) is 14.7. The van der Waals surface area contributed by atoms with Crippen LogP contribution in [0.3, 0.4) is 0 Å². The van der Waals surface area contributed by atoms with E-state index in [9.17, 15) is 9.90 Å². The summed E-state index contributed by atoms with van der Waals surface area (Å²) in [6, 6.07) is 8.39. The third-order valence-corrected chi connectivity index (χ3v) is 2.87. The Hall–Kier alpha value is -2.56. The number of aryl methyl sites for hydroxylation is 1. The molecule has 1 aromatic carbocycles. The molecule has 1 heterocycles. The zero-order valence-corrected chi connectivity index (χ0v) is 11.7. The van der Waals surface area contributed by atoms with Crippen molar-refractivity contribution in [2.24, 2.45) is 0 Å². The smallest absolute Gasteiger partial charge is 0.255 e. The molecule has 2 rings (SSSR count). The van der Waals surface area contributed by atoms with Crippen LogP contribution in [0, 0.1) is 6.92 Å². The van der Waals surface area contributed by atoms with Crippen LogP contribution >= 0.6 is 0 Å². The van der Waals surface area contributed by atoms with Crippen LogP contribution in [0.4, 0.5) is 11.5 Å². The Balaban J connectivity index is 2.24. The quantitative estimate of drug-likeness (QED) is 0.841. The maximum atomic E-state index is 12.2. The number of rotatable bonds is 3. The molecule has 0 spiro atoms. The summed E-state index contributed by atoms with van der Waals surface area (Å²) < 4.78 is 0. The van der Waals surface area contributed by atoms with Crippen molar-refractivity contribution in [1.29, 1.82) is 0 Å². The second kappa shape index (κ2) is 5.61. The number of pyridine rings is 1. The zero-order valence-electron chi connectivity index (χ0n) is 11.7. The van der Waals surface area contributed by atoms with E-state index in [1.807, 2.05) is 25.9 Å². The van der Waals surface area contributed by atoms with Crippen LogP contribution in [0.5, 0.6) is 5.75 Å². The number of aromatic hydroxyl groups is 1. The average Bonchev–Trinajstić information content (AvgIpc) is 2.43. The summed E-state index contributed by atoms with van der Waals surface area (Å²) in [5.41, 5.74) is 1.85. The number of phenols is 1. The average molecular weight is 271 g/mol. The number of anilines is 2. The number of carbonyl (C=O) groups is 1. The summed E-state index contributed by atoms with van der Waals surface area (Å²) in [5.74, 6) is 0.466. The number of nitrogens with one attached hydrogen (secondary N) is 1. The van der Waals surface area contributed by atoms with Crippen molar-refractivity contribution in [1.82, 2.24) is 4.98 Å². The minimum atomic E-state index is -0.281. The van der Waals surface area contributed by atoms with Gasteiger partial charge in [0.2, 0.25) is 0 Å². The van der Waals surface area contributed by atoms with E-state index in [2.05, 4.69) is 10.3 Å². The van der Waals surface area contributed by atoms with Crippen molar-refractivity contribution >= 4 is 17.4 Å². The highest BCUT2D eigenvalue weighted by molar-refractivity contribution is 6.05. The Morgan fingerprint density at radius 2 is 2.00 bits per heavy atom. The first-order chi connectivity index (χ1) is 9.47. The van der Waals surface area contributed by atoms with Gasteiger partial charge in [0.1, 0.15) is 11.6 Å². The van der Waals surface area contributed by atoms with Crippen LogP contribution in [-0.4, -0.2) is 30.1 Å². The number of hydrogen-bond acceptors (Lipinski definition) is 4. The second-order valence-corrected chi connectivity index (χ2v) is 4.77. The third kappa shape index (κ3) is 3.06. The monoisotopic (exact) mass is 271 g/mol. The largest absolute Gasteiger partial charge is 0.506 e. The van der Waals surface area contributed by atoms with Crippen molar-refractivity contribution in [3.05, 3.63) is 47.7 Å². The van der Waals surface area contributed by atoms with E-state index in [1.54, 1.807) is 36.5 Å². The molecule has 2 N–H and O–H groups in total. The van der Waals surface area contributed by atoms with E-state index in [-0.39, 0.29) is 11.7 Å². The Kier molecular flexibility index (Phi) is 3.89. The van der Waals surface area contributed by atoms with E-state index in [1.165, 1.54) is 0 Å². The molecule has 0 radical (unpaired) electrons. The van der Waals surface area contributed by atoms with Crippen LogP contribution in [-0.2, 0) is 0 Å². The van der Waals surface area contributed by atoms with Gasteiger partial charge in [0, 0.05) is 25.9 Å². The lowest BCUT2D eigenvalue weighted by Crippen LogP contribution is -2.15. The lowest BCUT2D eigenvalue weighted by atomic mass is 10.2. The molecule has 0 aliphatic carbocycles. The van der Waals surface area contributed by atoms with Crippen molar-refractivity contribution in [3.8, 4) is 5.75 Å². The molecule has 20 heavy (non-hydrogen) atoms. The summed E-state index contributed by atoms with van der Waals surface area (Å²) in [4.78, 5) is 18.2. The molecule has 2 aromatic rings. The molecule has 1 amide bonds. The lowest BCUT2D eigenvalue weighted by molar-refractivity contribution is 0.102. The maximum Gasteiger partial charge on any atom is 0.255 e. The Labute approximate surface area is 117 Å². The molecule has 5 heteroatoms. The molecule has 0 saturated heterocycles. The van der Waals surface area contributed by atoms with Gasteiger partial charge in [-0.1, -0.05) is 6.07 Å². The van der Waals surface area contributed by atoms with Gasteiger partial charge >= 0.3 is 0 Å². The predicted molar refractivity (Wildman–Crippen MR) is 79.4 cm³/mol. The molecule has 0 aliphatic rings. The van der Waals surface area contributed by atoms with E-state index in [4.69, 9.17) is 0 Å². The van der Waals surface area contributed by atoms with Gasteiger partial charge in [-0.15, -0.1) is 0 Å². The van der Waals surface area contributed by atoms with Crippen LogP contribution < -0.4 is 10.2 Å². The molecule has 0 aliphatic heterocycles. The van der Waals surface area contributed by atoms with Gasteiger partial charge in [-0.25, -0.2) is 4.98 Å². The molecular formula is C15H17N3O2. The van der Waals surface area contributed by atoms with Crippen molar-refractivity contribution < 1.29 is 9.90 Å². The molecule has 0 fully saturated rings. The van der Waals surface area contributed by atoms with Gasteiger partial charge in [0.15, 0.2) is 0 Å². The molecule has 5 nitrogen and oxygen atoms in total. The Bertz CT molecular complexity index is 639. The lowest BCUT2D eigenvalue weighted by Gasteiger charge is -2.12. The molecule has 0 atom stereocenters. The molecule has 0 bridgehead atoms. The molecule has 0 saturated carbocycles. The van der Waals surface area contributed by atoms with Gasteiger partial charge in [-0.05, 0) is 36.8 Å². The summed E-state index contributed by atoms with van der Waals surface area (Å²) in [7, 11) is 3.72. The topological polar surface area (TPSA) is 65.5 Å². The van der Waals surface area contributed by atoms with Gasteiger partial charge in [0.25, 0.3) is 5.91 Å². The number of hydrogen-bond donors (Lipinski definition) is 2. The van der Waals surface area contributed by atoms with Gasteiger partial charge in [-0.2, -0.15) is 0 Å². The first kappa shape index (κ1) is 13.9.